The summed E-state index contributed by atoms with van der Waals surface area (Å²) in [6.07, 6.45) is 1.39. The van der Waals surface area contributed by atoms with Crippen LogP contribution in [0.25, 0.3) is 17.4 Å². The molecule has 0 spiro atoms. The largest absolute Gasteiger partial charge is 0.456 e. The van der Waals surface area contributed by atoms with Crippen molar-refractivity contribution < 1.29 is 9.34 Å². The highest BCUT2D eigenvalue weighted by molar-refractivity contribution is 7.80. The molecule has 2 rings (SSSR count). The summed E-state index contributed by atoms with van der Waals surface area (Å²) in [4.78, 5) is 10.5. The third-order valence-electron chi connectivity index (χ3n) is 2.67. The smallest absolute Gasteiger partial charge is 0.280 e. The molecule has 6 nitrogen and oxygen atoms in total. The summed E-state index contributed by atoms with van der Waals surface area (Å²) in [5.74, 6) is 0.668. The molecule has 21 heavy (non-hydrogen) atoms. The van der Waals surface area contributed by atoms with Crippen molar-refractivity contribution >= 4 is 29.0 Å². The van der Waals surface area contributed by atoms with E-state index >= 15 is 0 Å². The van der Waals surface area contributed by atoms with Crippen LogP contribution in [0.5, 0.6) is 0 Å². The van der Waals surface area contributed by atoms with Crippen LogP contribution in [0.2, 0.25) is 0 Å². The van der Waals surface area contributed by atoms with Crippen LogP contribution >= 0.6 is 12.2 Å². The Bertz CT molecular complexity index is 787. The zero-order chi connectivity index (χ0) is 15.4. The molecule has 0 aliphatic rings. The Kier molecular flexibility index (Phi) is 4.11. The first kappa shape index (κ1) is 14.4. The molecule has 0 amide bonds. The van der Waals surface area contributed by atoms with Crippen molar-refractivity contribution in [2.24, 2.45) is 5.73 Å². The molecule has 0 fully saturated rings. The maximum Gasteiger partial charge on any atom is 0.280 e. The van der Waals surface area contributed by atoms with Crippen LogP contribution in [-0.2, 0) is 0 Å². The van der Waals surface area contributed by atoms with Gasteiger partial charge in [-0.15, -0.1) is 0 Å². The number of nitrogens with zero attached hydrogens (tertiary/aromatic N) is 2. The van der Waals surface area contributed by atoms with Gasteiger partial charge in [-0.25, -0.2) is 0 Å². The highest BCUT2D eigenvalue weighted by Crippen LogP contribution is 2.31. The molecule has 1 aromatic carbocycles. The first-order valence-corrected chi connectivity index (χ1v) is 6.19. The fourth-order valence-corrected chi connectivity index (χ4v) is 1.82. The molecule has 104 valence electrons. The van der Waals surface area contributed by atoms with Crippen molar-refractivity contribution in [2.75, 3.05) is 0 Å². The van der Waals surface area contributed by atoms with Gasteiger partial charge in [0.25, 0.3) is 5.69 Å². The lowest BCUT2D eigenvalue weighted by Crippen LogP contribution is -2.09. The van der Waals surface area contributed by atoms with Gasteiger partial charge in [-0.05, 0) is 18.2 Å². The molecular weight excluding hydrogens is 290 g/mol. The number of nitro benzene ring substituents is 1. The average Bonchev–Trinajstić information content (AvgIpc) is 2.92. The number of nitro groups is 1. The number of rotatable bonds is 4. The lowest BCUT2D eigenvalue weighted by atomic mass is 10.1. The molecule has 0 aliphatic heterocycles. The summed E-state index contributed by atoms with van der Waals surface area (Å²) < 4.78 is 5.50. The van der Waals surface area contributed by atoms with Crippen molar-refractivity contribution in [1.82, 2.24) is 0 Å². The van der Waals surface area contributed by atoms with Crippen LogP contribution in [0.15, 0.2) is 46.4 Å². The summed E-state index contributed by atoms with van der Waals surface area (Å²) in [6, 6.07) is 11.3. The number of hydrogen-bond donors (Lipinski definition) is 1. The van der Waals surface area contributed by atoms with Gasteiger partial charge in [0.2, 0.25) is 0 Å². The number of hydrogen-bond acceptors (Lipinski definition) is 5. The van der Waals surface area contributed by atoms with E-state index in [2.05, 4.69) is 0 Å². The predicted octanol–water partition coefficient (Wildman–Crippen LogP) is 3.05. The molecule has 0 saturated carbocycles. The summed E-state index contributed by atoms with van der Waals surface area (Å²) in [7, 11) is 0. The Labute approximate surface area is 125 Å². The SMILES string of the molecule is N#C/C(=C/c1ccc(-c2ccccc2[N+](=O)[O-])o1)C(N)=S. The minimum atomic E-state index is -0.483. The van der Waals surface area contributed by atoms with E-state index in [0.29, 0.717) is 17.1 Å². The number of nitriles is 1. The zero-order valence-electron chi connectivity index (χ0n) is 10.6. The Morgan fingerprint density at radius 3 is 2.71 bits per heavy atom. The Morgan fingerprint density at radius 1 is 1.38 bits per heavy atom. The van der Waals surface area contributed by atoms with E-state index < -0.39 is 4.92 Å². The predicted molar refractivity (Wildman–Crippen MR) is 81.2 cm³/mol. The Hall–Kier alpha value is -2.98. The number of benzene rings is 1. The number of furan rings is 1. The van der Waals surface area contributed by atoms with Gasteiger partial charge in [0.15, 0.2) is 0 Å². The molecule has 2 N–H and O–H groups in total. The molecule has 0 saturated heterocycles. The maximum absolute atomic E-state index is 11.0. The van der Waals surface area contributed by atoms with Gasteiger partial charge in [0, 0.05) is 12.1 Å². The number of thiocarbonyl (C=S) groups is 1. The maximum atomic E-state index is 11.0. The molecule has 1 heterocycles. The van der Waals surface area contributed by atoms with Gasteiger partial charge in [0.1, 0.15) is 22.6 Å². The van der Waals surface area contributed by atoms with Crippen LogP contribution in [0.3, 0.4) is 0 Å². The van der Waals surface area contributed by atoms with Crippen LogP contribution in [0.1, 0.15) is 5.76 Å². The Balaban J connectivity index is 2.45. The van der Waals surface area contributed by atoms with Gasteiger partial charge >= 0.3 is 0 Å². The summed E-state index contributed by atoms with van der Waals surface area (Å²) in [6.45, 7) is 0. The van der Waals surface area contributed by atoms with Gasteiger partial charge in [0.05, 0.1) is 16.1 Å². The van der Waals surface area contributed by atoms with Gasteiger partial charge in [-0.3, -0.25) is 10.1 Å². The van der Waals surface area contributed by atoms with E-state index in [-0.39, 0.29) is 16.2 Å². The van der Waals surface area contributed by atoms with Crippen molar-refractivity contribution in [1.29, 1.82) is 5.26 Å². The highest BCUT2D eigenvalue weighted by Gasteiger charge is 2.17. The summed E-state index contributed by atoms with van der Waals surface area (Å²) >= 11 is 4.73. The number of para-hydroxylation sites is 1. The van der Waals surface area contributed by atoms with E-state index in [1.54, 1.807) is 30.3 Å². The van der Waals surface area contributed by atoms with E-state index in [9.17, 15) is 10.1 Å². The standard InChI is InChI=1S/C14H9N3O3S/c15-8-9(14(16)21)7-10-5-6-13(20-10)11-3-1-2-4-12(11)17(18)19/h1-7H,(H2,16,21)/b9-7-. The van der Waals surface area contributed by atoms with Crippen molar-refractivity contribution in [3.05, 3.63) is 57.8 Å². The zero-order valence-corrected chi connectivity index (χ0v) is 11.5. The van der Waals surface area contributed by atoms with Crippen molar-refractivity contribution in [3.63, 3.8) is 0 Å². The lowest BCUT2D eigenvalue weighted by molar-refractivity contribution is -0.384. The lowest BCUT2D eigenvalue weighted by Gasteiger charge is -1.98. The molecule has 0 unspecified atom stereocenters. The minimum Gasteiger partial charge on any atom is -0.456 e. The molecule has 2 aromatic rings. The summed E-state index contributed by atoms with van der Waals surface area (Å²) in [5.41, 5.74) is 5.79. The van der Waals surface area contributed by atoms with Gasteiger partial charge in [-0.1, -0.05) is 24.4 Å². The second kappa shape index (κ2) is 5.98. The monoisotopic (exact) mass is 299 g/mol. The van der Waals surface area contributed by atoms with E-state index in [1.807, 2.05) is 6.07 Å². The molecule has 0 bridgehead atoms. The van der Waals surface area contributed by atoms with Crippen molar-refractivity contribution in [3.8, 4) is 17.4 Å². The third-order valence-corrected chi connectivity index (χ3v) is 2.89. The van der Waals surface area contributed by atoms with E-state index in [4.69, 9.17) is 27.6 Å². The minimum absolute atomic E-state index is 0.0406. The quantitative estimate of drug-likeness (QED) is 0.306. The van der Waals surface area contributed by atoms with E-state index in [1.165, 1.54) is 12.1 Å². The van der Waals surface area contributed by atoms with Crippen LogP contribution in [0.4, 0.5) is 5.69 Å². The molecule has 7 heteroatoms. The molecule has 0 aliphatic carbocycles. The first-order valence-electron chi connectivity index (χ1n) is 5.78. The van der Waals surface area contributed by atoms with Crippen molar-refractivity contribution in [2.45, 2.75) is 0 Å². The topological polar surface area (TPSA) is 106 Å². The Morgan fingerprint density at radius 2 is 2.10 bits per heavy atom. The summed E-state index contributed by atoms with van der Waals surface area (Å²) in [5, 5.41) is 19.9. The van der Waals surface area contributed by atoms with E-state index in [0.717, 1.165) is 0 Å². The highest BCUT2D eigenvalue weighted by atomic mass is 32.1. The third kappa shape index (κ3) is 3.13. The second-order valence-electron chi connectivity index (χ2n) is 4.01. The van der Waals surface area contributed by atoms with Crippen LogP contribution in [0, 0.1) is 21.4 Å². The number of nitrogens with two attached hydrogens (primary N) is 1. The van der Waals surface area contributed by atoms with Gasteiger partial charge < -0.3 is 10.2 Å². The normalized spacial score (nSPS) is 10.9. The average molecular weight is 299 g/mol. The molecule has 0 atom stereocenters. The first-order chi connectivity index (χ1) is 10.0. The van der Waals surface area contributed by atoms with Gasteiger partial charge in [-0.2, -0.15) is 5.26 Å². The van der Waals surface area contributed by atoms with Crippen LogP contribution in [-0.4, -0.2) is 9.91 Å². The molecular formula is C14H9N3O3S. The second-order valence-corrected chi connectivity index (χ2v) is 4.45. The molecule has 1 aromatic heterocycles. The van der Waals surface area contributed by atoms with Crippen LogP contribution < -0.4 is 5.73 Å². The molecule has 0 radical (unpaired) electrons. The fraction of sp³-hybridized carbons (Fsp3) is 0. The fourth-order valence-electron chi connectivity index (χ4n) is 1.72.